The fraction of sp³-hybridized carbons (Fsp3) is 0.455. The number of hydrogen-bond donors (Lipinski definition) is 2. The summed E-state index contributed by atoms with van der Waals surface area (Å²) < 4.78 is 74.5. The molecule has 0 aromatic heterocycles. The molecule has 0 atom stereocenters. The Hall–Kier alpha value is -1.19. The van der Waals surface area contributed by atoms with Crippen molar-refractivity contribution in [1.82, 2.24) is 4.72 Å². The second-order valence-electron chi connectivity index (χ2n) is 4.08. The minimum absolute atomic E-state index is 0.169. The quantitative estimate of drug-likeness (QED) is 0.785. The van der Waals surface area contributed by atoms with Crippen molar-refractivity contribution in [1.29, 1.82) is 0 Å². The van der Waals surface area contributed by atoms with Crippen LogP contribution < -0.4 is 4.72 Å². The molecule has 0 saturated carbocycles. The zero-order valence-electron chi connectivity index (χ0n) is 10.4. The van der Waals surface area contributed by atoms with Gasteiger partial charge in [0.05, 0.1) is 18.0 Å². The zero-order valence-corrected chi connectivity index (χ0v) is 11.2. The number of aliphatic hydroxyl groups excluding tert-OH is 1. The first-order chi connectivity index (χ1) is 9.12. The minimum atomic E-state index is -4.45. The molecule has 0 heterocycles. The van der Waals surface area contributed by atoms with Gasteiger partial charge < -0.3 is 5.11 Å². The summed E-state index contributed by atoms with van der Waals surface area (Å²) in [6, 6.07) is 3.91. The van der Waals surface area contributed by atoms with Crippen molar-refractivity contribution in [2.45, 2.75) is 30.8 Å². The fourth-order valence-corrected chi connectivity index (χ4v) is 2.80. The molecule has 0 bridgehead atoms. The standard InChI is InChI=1S/C11H13F4NO3S/c1-7-8(5-17)3-2-4-9(7)20(18,19)16-6-11(14,15)10(12)13/h2-4,10,16-17H,5-6H2,1H3. The highest BCUT2D eigenvalue weighted by Gasteiger charge is 2.41. The molecule has 4 nitrogen and oxygen atoms in total. The van der Waals surface area contributed by atoms with Gasteiger partial charge in [-0.1, -0.05) is 12.1 Å². The Labute approximate surface area is 113 Å². The summed E-state index contributed by atoms with van der Waals surface area (Å²) >= 11 is 0. The molecule has 1 aromatic rings. The molecule has 0 spiro atoms. The number of sulfonamides is 1. The zero-order chi connectivity index (χ0) is 15.6. The van der Waals surface area contributed by atoms with Crippen molar-refractivity contribution >= 4 is 10.0 Å². The van der Waals surface area contributed by atoms with Crippen LogP contribution in [-0.2, 0) is 16.6 Å². The Balaban J connectivity index is 3.01. The van der Waals surface area contributed by atoms with Gasteiger partial charge in [-0.2, -0.15) is 8.78 Å². The van der Waals surface area contributed by atoms with Crippen LogP contribution in [0.15, 0.2) is 23.1 Å². The summed E-state index contributed by atoms with van der Waals surface area (Å²) in [5, 5.41) is 9.01. The van der Waals surface area contributed by atoms with Gasteiger partial charge in [-0.3, -0.25) is 0 Å². The molecule has 20 heavy (non-hydrogen) atoms. The number of nitrogens with one attached hydrogen (secondary N) is 1. The van der Waals surface area contributed by atoms with Crippen molar-refractivity contribution in [3.05, 3.63) is 29.3 Å². The first-order valence-electron chi connectivity index (χ1n) is 5.47. The van der Waals surface area contributed by atoms with Gasteiger partial charge in [-0.05, 0) is 24.1 Å². The lowest BCUT2D eigenvalue weighted by atomic mass is 10.1. The van der Waals surface area contributed by atoms with Crippen LogP contribution in [0.5, 0.6) is 0 Å². The summed E-state index contributed by atoms with van der Waals surface area (Å²) in [5.74, 6) is -4.45. The van der Waals surface area contributed by atoms with E-state index >= 15 is 0 Å². The molecule has 0 amide bonds. The number of rotatable bonds is 6. The first kappa shape index (κ1) is 16.9. The minimum Gasteiger partial charge on any atom is -0.392 e. The van der Waals surface area contributed by atoms with Crippen LogP contribution in [0.4, 0.5) is 17.6 Å². The molecule has 0 aliphatic carbocycles. The average Bonchev–Trinajstić information content (AvgIpc) is 2.36. The van der Waals surface area contributed by atoms with Crippen molar-refractivity contribution in [3.8, 4) is 0 Å². The molecule has 1 rings (SSSR count). The summed E-state index contributed by atoms with van der Waals surface area (Å²) in [5.41, 5.74) is 0.469. The van der Waals surface area contributed by atoms with Crippen molar-refractivity contribution in [2.75, 3.05) is 6.54 Å². The molecular weight excluding hydrogens is 302 g/mol. The molecule has 9 heteroatoms. The van der Waals surface area contributed by atoms with Gasteiger partial charge in [0.2, 0.25) is 10.0 Å². The van der Waals surface area contributed by atoms with E-state index in [0.717, 1.165) is 6.07 Å². The van der Waals surface area contributed by atoms with E-state index in [-0.39, 0.29) is 10.5 Å². The number of hydrogen-bond acceptors (Lipinski definition) is 3. The monoisotopic (exact) mass is 315 g/mol. The van der Waals surface area contributed by atoms with Gasteiger partial charge in [0.25, 0.3) is 0 Å². The lowest BCUT2D eigenvalue weighted by Crippen LogP contribution is -2.41. The third kappa shape index (κ3) is 3.68. The molecule has 0 radical (unpaired) electrons. The van der Waals surface area contributed by atoms with Crippen molar-refractivity contribution < 1.29 is 31.1 Å². The van der Waals surface area contributed by atoms with Crippen LogP contribution >= 0.6 is 0 Å². The maximum Gasteiger partial charge on any atom is 0.320 e. The van der Waals surface area contributed by atoms with E-state index in [1.54, 1.807) is 0 Å². The van der Waals surface area contributed by atoms with Crippen LogP contribution in [0.2, 0.25) is 0 Å². The van der Waals surface area contributed by atoms with E-state index < -0.39 is 35.5 Å². The predicted octanol–water partition coefficient (Wildman–Crippen LogP) is 1.67. The highest BCUT2D eigenvalue weighted by molar-refractivity contribution is 7.89. The molecule has 2 N–H and O–H groups in total. The molecule has 0 fully saturated rings. The van der Waals surface area contributed by atoms with E-state index in [1.807, 2.05) is 0 Å². The average molecular weight is 315 g/mol. The molecule has 0 saturated heterocycles. The number of aliphatic hydroxyl groups is 1. The third-order valence-electron chi connectivity index (χ3n) is 2.67. The van der Waals surface area contributed by atoms with Crippen LogP contribution in [0.3, 0.4) is 0 Å². The summed E-state index contributed by atoms with van der Waals surface area (Å²) in [6.07, 6.45) is -3.96. The Morgan fingerprint density at radius 3 is 2.45 bits per heavy atom. The van der Waals surface area contributed by atoms with E-state index in [1.165, 1.54) is 23.8 Å². The maximum atomic E-state index is 12.7. The largest absolute Gasteiger partial charge is 0.392 e. The molecule has 0 aliphatic rings. The van der Waals surface area contributed by atoms with Crippen LogP contribution in [0, 0.1) is 6.92 Å². The summed E-state index contributed by atoms with van der Waals surface area (Å²) in [6.45, 7) is -0.746. The van der Waals surface area contributed by atoms with Gasteiger partial charge in [-0.25, -0.2) is 21.9 Å². The Kier molecular flexibility index (Phi) is 5.11. The van der Waals surface area contributed by atoms with Crippen LogP contribution in [0.25, 0.3) is 0 Å². The highest BCUT2D eigenvalue weighted by Crippen LogP contribution is 2.23. The Morgan fingerprint density at radius 1 is 1.35 bits per heavy atom. The normalized spacial score (nSPS) is 12.9. The van der Waals surface area contributed by atoms with Crippen molar-refractivity contribution in [2.24, 2.45) is 0 Å². The van der Waals surface area contributed by atoms with Gasteiger partial charge in [-0.15, -0.1) is 0 Å². The second-order valence-corrected chi connectivity index (χ2v) is 5.82. The molecule has 114 valence electrons. The number of benzene rings is 1. The molecule has 0 aliphatic heterocycles. The van der Waals surface area contributed by atoms with E-state index in [0.29, 0.717) is 5.56 Å². The number of alkyl halides is 4. The predicted molar refractivity (Wildman–Crippen MR) is 63.2 cm³/mol. The fourth-order valence-electron chi connectivity index (χ4n) is 1.47. The van der Waals surface area contributed by atoms with Gasteiger partial charge in [0, 0.05) is 0 Å². The molecule has 1 aromatic carbocycles. The van der Waals surface area contributed by atoms with Crippen molar-refractivity contribution in [3.63, 3.8) is 0 Å². The maximum absolute atomic E-state index is 12.7. The third-order valence-corrected chi connectivity index (χ3v) is 4.22. The summed E-state index contributed by atoms with van der Waals surface area (Å²) in [4.78, 5) is -0.339. The van der Waals surface area contributed by atoms with Crippen LogP contribution in [0.1, 0.15) is 11.1 Å². The topological polar surface area (TPSA) is 66.4 Å². The van der Waals surface area contributed by atoms with Gasteiger partial charge in [0.15, 0.2) is 0 Å². The first-order valence-corrected chi connectivity index (χ1v) is 6.95. The second kappa shape index (κ2) is 6.06. The molecular formula is C11H13F4NO3S. The Morgan fingerprint density at radius 2 is 1.95 bits per heavy atom. The lowest BCUT2D eigenvalue weighted by Gasteiger charge is -2.17. The highest BCUT2D eigenvalue weighted by atomic mass is 32.2. The lowest BCUT2D eigenvalue weighted by molar-refractivity contribution is -0.122. The number of halogens is 4. The van der Waals surface area contributed by atoms with Crippen LogP contribution in [-0.4, -0.2) is 32.4 Å². The van der Waals surface area contributed by atoms with E-state index in [2.05, 4.69) is 0 Å². The van der Waals surface area contributed by atoms with E-state index in [9.17, 15) is 26.0 Å². The SMILES string of the molecule is Cc1c(CO)cccc1S(=O)(=O)NCC(F)(F)C(F)F. The summed E-state index contributed by atoms with van der Waals surface area (Å²) in [7, 11) is -4.36. The molecule has 0 unspecified atom stereocenters. The Bertz CT molecular complexity index is 575. The van der Waals surface area contributed by atoms with Gasteiger partial charge in [0.1, 0.15) is 0 Å². The van der Waals surface area contributed by atoms with E-state index in [4.69, 9.17) is 5.11 Å². The van der Waals surface area contributed by atoms with Gasteiger partial charge >= 0.3 is 12.3 Å². The smallest absolute Gasteiger partial charge is 0.320 e.